The first kappa shape index (κ1) is 26.5. The van der Waals surface area contributed by atoms with Crippen molar-refractivity contribution in [2.75, 3.05) is 26.2 Å². The fourth-order valence-electron chi connectivity index (χ4n) is 3.85. The second-order valence-electron chi connectivity index (χ2n) is 8.27. The van der Waals surface area contributed by atoms with Crippen LogP contribution in [0, 0.1) is 12.7 Å². The summed E-state index contributed by atoms with van der Waals surface area (Å²) in [5.74, 6) is 0.600. The van der Waals surface area contributed by atoms with Crippen LogP contribution in [0.3, 0.4) is 0 Å². The van der Waals surface area contributed by atoms with Crippen LogP contribution in [0.5, 0.6) is 0 Å². The van der Waals surface area contributed by atoms with Crippen LogP contribution in [-0.2, 0) is 19.5 Å². The highest BCUT2D eigenvalue weighted by Gasteiger charge is 2.16. The number of aliphatic imine (C=N–C) groups is 1. The van der Waals surface area contributed by atoms with E-state index < -0.39 is 0 Å². The van der Waals surface area contributed by atoms with Gasteiger partial charge in [0.1, 0.15) is 5.82 Å². The number of aliphatic hydroxyl groups excluding tert-OH is 1. The molecule has 0 saturated carbocycles. The van der Waals surface area contributed by atoms with Crippen LogP contribution in [0.2, 0.25) is 0 Å². The summed E-state index contributed by atoms with van der Waals surface area (Å²) in [7, 11) is 0. The number of nitrogens with one attached hydrogen (secondary N) is 2. The summed E-state index contributed by atoms with van der Waals surface area (Å²) >= 11 is 0. The summed E-state index contributed by atoms with van der Waals surface area (Å²) in [4.78, 5) is 7.10. The van der Waals surface area contributed by atoms with E-state index >= 15 is 0 Å². The molecule has 1 heterocycles. The molecule has 0 amide bonds. The van der Waals surface area contributed by atoms with Crippen LogP contribution in [0.25, 0.3) is 0 Å². The normalized spacial score (nSPS) is 15.3. The maximum atomic E-state index is 13.3. The summed E-state index contributed by atoms with van der Waals surface area (Å²) in [5.41, 5.74) is 4.58. The number of rotatable bonds is 8. The van der Waals surface area contributed by atoms with Gasteiger partial charge in [0.2, 0.25) is 0 Å². The SMILES string of the molecule is CCNC(=NCc1ccc(CN2CCC(O)CC2)cc1)NCCc1ccc(F)cc1C.I. The smallest absolute Gasteiger partial charge is 0.191 e. The van der Waals surface area contributed by atoms with Crippen LogP contribution >= 0.6 is 24.0 Å². The van der Waals surface area contributed by atoms with Gasteiger partial charge in [0, 0.05) is 32.7 Å². The van der Waals surface area contributed by atoms with Gasteiger partial charge in [-0.1, -0.05) is 30.3 Å². The predicted molar refractivity (Wildman–Crippen MR) is 140 cm³/mol. The summed E-state index contributed by atoms with van der Waals surface area (Å²) in [6, 6.07) is 13.6. The van der Waals surface area contributed by atoms with Crippen molar-refractivity contribution in [1.29, 1.82) is 0 Å². The molecule has 1 saturated heterocycles. The zero-order valence-corrected chi connectivity index (χ0v) is 21.4. The Bertz CT molecular complexity index is 852. The van der Waals surface area contributed by atoms with E-state index in [-0.39, 0.29) is 35.9 Å². The van der Waals surface area contributed by atoms with Gasteiger partial charge in [-0.3, -0.25) is 4.90 Å². The third kappa shape index (κ3) is 8.67. The predicted octanol–water partition coefficient (Wildman–Crippen LogP) is 4.01. The summed E-state index contributed by atoms with van der Waals surface area (Å²) in [6.45, 7) is 8.99. The fraction of sp³-hybridized carbons (Fsp3) is 0.480. The van der Waals surface area contributed by atoms with Crippen molar-refractivity contribution >= 4 is 29.9 Å². The molecule has 7 heteroatoms. The molecule has 32 heavy (non-hydrogen) atoms. The van der Waals surface area contributed by atoms with Gasteiger partial charge < -0.3 is 15.7 Å². The van der Waals surface area contributed by atoms with Crippen LogP contribution in [0.4, 0.5) is 4.39 Å². The van der Waals surface area contributed by atoms with E-state index in [9.17, 15) is 9.50 Å². The first-order valence-corrected chi connectivity index (χ1v) is 11.3. The monoisotopic (exact) mass is 554 g/mol. The van der Waals surface area contributed by atoms with Gasteiger partial charge >= 0.3 is 0 Å². The van der Waals surface area contributed by atoms with Crippen molar-refractivity contribution in [1.82, 2.24) is 15.5 Å². The average Bonchev–Trinajstić information content (AvgIpc) is 2.76. The van der Waals surface area contributed by atoms with Crippen LogP contribution in [0.15, 0.2) is 47.5 Å². The van der Waals surface area contributed by atoms with E-state index in [4.69, 9.17) is 4.99 Å². The maximum Gasteiger partial charge on any atom is 0.191 e. The molecule has 1 fully saturated rings. The van der Waals surface area contributed by atoms with E-state index in [0.29, 0.717) is 6.54 Å². The van der Waals surface area contributed by atoms with E-state index in [1.807, 2.05) is 13.0 Å². The Morgan fingerprint density at radius 2 is 1.78 bits per heavy atom. The van der Waals surface area contributed by atoms with Crippen LogP contribution in [0.1, 0.15) is 42.0 Å². The van der Waals surface area contributed by atoms with Gasteiger partial charge in [0.25, 0.3) is 0 Å². The lowest BCUT2D eigenvalue weighted by Crippen LogP contribution is -2.38. The molecule has 0 aliphatic carbocycles. The molecule has 0 atom stereocenters. The van der Waals surface area contributed by atoms with E-state index in [2.05, 4.69) is 46.7 Å². The first-order valence-electron chi connectivity index (χ1n) is 11.3. The molecule has 0 aromatic heterocycles. The van der Waals surface area contributed by atoms with Crippen molar-refractivity contribution < 1.29 is 9.50 Å². The Morgan fingerprint density at radius 3 is 2.44 bits per heavy atom. The molecule has 0 unspecified atom stereocenters. The topological polar surface area (TPSA) is 59.9 Å². The molecule has 1 aliphatic heterocycles. The second kappa shape index (κ2) is 13.7. The largest absolute Gasteiger partial charge is 0.393 e. The number of piperidine rings is 1. The fourth-order valence-corrected chi connectivity index (χ4v) is 3.85. The zero-order chi connectivity index (χ0) is 22.1. The number of guanidine groups is 1. The summed E-state index contributed by atoms with van der Waals surface area (Å²) in [5, 5.41) is 16.3. The lowest BCUT2D eigenvalue weighted by Gasteiger charge is -2.29. The highest BCUT2D eigenvalue weighted by atomic mass is 127. The molecule has 0 spiro atoms. The Labute approximate surface area is 208 Å². The Kier molecular flexibility index (Phi) is 11.4. The van der Waals surface area contributed by atoms with Crippen molar-refractivity contribution in [3.63, 3.8) is 0 Å². The van der Waals surface area contributed by atoms with E-state index in [0.717, 1.165) is 69.1 Å². The van der Waals surface area contributed by atoms with Crippen LogP contribution in [-0.4, -0.2) is 48.2 Å². The highest BCUT2D eigenvalue weighted by Crippen LogP contribution is 2.15. The molecular formula is C25H36FIN4O. The summed E-state index contributed by atoms with van der Waals surface area (Å²) < 4.78 is 13.3. The molecule has 3 N–H and O–H groups in total. The van der Waals surface area contributed by atoms with Gasteiger partial charge in [0.15, 0.2) is 5.96 Å². The molecule has 1 aliphatic rings. The number of aryl methyl sites for hydroxylation is 1. The Morgan fingerprint density at radius 1 is 1.09 bits per heavy atom. The number of hydrogen-bond donors (Lipinski definition) is 3. The maximum absolute atomic E-state index is 13.3. The van der Waals surface area contributed by atoms with Gasteiger partial charge in [-0.05, 0) is 67.5 Å². The average molecular weight is 554 g/mol. The van der Waals surface area contributed by atoms with Gasteiger partial charge in [0.05, 0.1) is 12.6 Å². The molecule has 0 bridgehead atoms. The summed E-state index contributed by atoms with van der Waals surface area (Å²) in [6.07, 6.45) is 2.43. The van der Waals surface area contributed by atoms with Crippen molar-refractivity contribution in [2.24, 2.45) is 4.99 Å². The Balaban J connectivity index is 0.00000363. The first-order chi connectivity index (χ1) is 15.0. The third-order valence-electron chi connectivity index (χ3n) is 5.74. The Hall–Kier alpha value is -1.71. The standard InChI is InChI=1S/C25H35FN4O.HI/c1-3-27-25(28-13-10-22-8-9-23(26)16-19(22)2)29-17-20-4-6-21(7-5-20)18-30-14-11-24(31)12-15-30;/h4-9,16,24,31H,3,10-15,17-18H2,1-2H3,(H2,27,28,29);1H. The number of hydrogen-bond acceptors (Lipinski definition) is 3. The number of likely N-dealkylation sites (tertiary alicyclic amines) is 1. The van der Waals surface area contributed by atoms with E-state index in [1.54, 1.807) is 6.07 Å². The molecule has 176 valence electrons. The molecule has 5 nitrogen and oxygen atoms in total. The quantitative estimate of drug-likeness (QED) is 0.262. The minimum atomic E-state index is -0.190. The molecule has 2 aromatic rings. The van der Waals surface area contributed by atoms with Crippen molar-refractivity contribution in [3.8, 4) is 0 Å². The number of halogens is 2. The highest BCUT2D eigenvalue weighted by molar-refractivity contribution is 14.0. The van der Waals surface area contributed by atoms with Gasteiger partial charge in [-0.15, -0.1) is 24.0 Å². The van der Waals surface area contributed by atoms with Crippen molar-refractivity contribution in [3.05, 3.63) is 70.5 Å². The number of nitrogens with zero attached hydrogens (tertiary/aromatic N) is 2. The zero-order valence-electron chi connectivity index (χ0n) is 19.1. The van der Waals surface area contributed by atoms with Gasteiger partial charge in [-0.2, -0.15) is 0 Å². The third-order valence-corrected chi connectivity index (χ3v) is 5.74. The lowest BCUT2D eigenvalue weighted by molar-refractivity contribution is 0.0792. The number of aliphatic hydroxyl groups is 1. The molecule has 2 aromatic carbocycles. The molecule has 3 rings (SSSR count). The second-order valence-corrected chi connectivity index (χ2v) is 8.27. The minimum absolute atomic E-state index is 0. The molecular weight excluding hydrogens is 518 g/mol. The van der Waals surface area contributed by atoms with Crippen molar-refractivity contribution in [2.45, 2.75) is 52.3 Å². The lowest BCUT2D eigenvalue weighted by atomic mass is 10.1. The number of benzene rings is 2. The minimum Gasteiger partial charge on any atom is -0.393 e. The van der Waals surface area contributed by atoms with Gasteiger partial charge in [-0.25, -0.2) is 9.38 Å². The van der Waals surface area contributed by atoms with Crippen LogP contribution < -0.4 is 10.6 Å². The molecule has 0 radical (unpaired) electrons. The van der Waals surface area contributed by atoms with E-state index in [1.165, 1.54) is 17.2 Å².